The minimum atomic E-state index is -1.14. The Balaban J connectivity index is 1.66. The van der Waals surface area contributed by atoms with Crippen molar-refractivity contribution < 1.29 is 9.59 Å². The van der Waals surface area contributed by atoms with Crippen LogP contribution in [-0.2, 0) is 23.4 Å². The molecule has 1 aliphatic rings. The number of carbonyl (C=O) groups is 2. The average molecular weight is 378 g/mol. The Morgan fingerprint density at radius 2 is 1.89 bits per heavy atom. The maximum atomic E-state index is 13.3. The van der Waals surface area contributed by atoms with Crippen molar-refractivity contribution >= 4 is 22.7 Å². The number of amides is 3. The molecule has 1 saturated heterocycles. The summed E-state index contributed by atoms with van der Waals surface area (Å²) in [6, 6.07) is 13.2. The molecule has 0 saturated carbocycles. The van der Waals surface area contributed by atoms with Crippen LogP contribution in [0, 0.1) is 0 Å². The predicted molar refractivity (Wildman–Crippen MR) is 103 cm³/mol. The van der Waals surface area contributed by atoms with Crippen molar-refractivity contribution in [1.29, 1.82) is 0 Å². The van der Waals surface area contributed by atoms with E-state index in [1.54, 1.807) is 11.6 Å². The summed E-state index contributed by atoms with van der Waals surface area (Å²) in [7, 11) is 0. The number of hydrogen-bond acceptors (Lipinski definition) is 5. The number of imide groups is 1. The van der Waals surface area contributed by atoms with E-state index < -0.39 is 11.6 Å². The quantitative estimate of drug-likeness (QED) is 0.666. The zero-order valence-electron chi connectivity index (χ0n) is 15.9. The van der Waals surface area contributed by atoms with E-state index in [1.807, 2.05) is 42.5 Å². The summed E-state index contributed by atoms with van der Waals surface area (Å²) in [5.74, 6) is 0.193. The average Bonchev–Trinajstić information content (AvgIpc) is 3.24. The molecule has 144 valence electrons. The lowest BCUT2D eigenvalue weighted by Crippen LogP contribution is -2.41. The first-order valence-electron chi connectivity index (χ1n) is 9.42. The van der Waals surface area contributed by atoms with E-state index in [0.29, 0.717) is 12.4 Å². The van der Waals surface area contributed by atoms with E-state index in [1.165, 1.54) is 4.90 Å². The molecule has 0 spiro atoms. The first kappa shape index (κ1) is 18.1. The number of urea groups is 1. The lowest BCUT2D eigenvalue weighted by atomic mass is 9.88. The predicted octanol–water partition coefficient (Wildman–Crippen LogP) is 2.59. The number of tetrazole rings is 1. The highest BCUT2D eigenvalue weighted by Gasteiger charge is 2.49. The fraction of sp³-hybridized carbons (Fsp3) is 0.350. The molecule has 28 heavy (non-hydrogen) atoms. The van der Waals surface area contributed by atoms with Crippen LogP contribution in [0.25, 0.3) is 10.8 Å². The van der Waals surface area contributed by atoms with Crippen LogP contribution < -0.4 is 5.32 Å². The molecule has 0 unspecified atom stereocenters. The SMILES string of the molecule is CCCCn1nnnc1CN1C(=O)N[C@](C)(c2cccc3ccccc23)C1=O. The van der Waals surface area contributed by atoms with Gasteiger partial charge in [0, 0.05) is 6.54 Å². The topological polar surface area (TPSA) is 93.0 Å². The summed E-state index contributed by atoms with van der Waals surface area (Å²) in [5.41, 5.74) is -0.364. The van der Waals surface area contributed by atoms with Crippen LogP contribution in [0.5, 0.6) is 0 Å². The second-order valence-corrected chi connectivity index (χ2v) is 7.14. The van der Waals surface area contributed by atoms with Gasteiger partial charge in [0.1, 0.15) is 5.54 Å². The van der Waals surface area contributed by atoms with Gasteiger partial charge in [0.15, 0.2) is 5.82 Å². The highest BCUT2D eigenvalue weighted by Crippen LogP contribution is 2.34. The van der Waals surface area contributed by atoms with Crippen LogP contribution in [0.2, 0.25) is 0 Å². The molecule has 1 fully saturated rings. The highest BCUT2D eigenvalue weighted by atomic mass is 16.2. The normalized spacial score (nSPS) is 19.4. The van der Waals surface area contributed by atoms with E-state index in [4.69, 9.17) is 0 Å². The maximum Gasteiger partial charge on any atom is 0.325 e. The van der Waals surface area contributed by atoms with Crippen molar-refractivity contribution in [3.05, 3.63) is 53.9 Å². The Hall–Kier alpha value is -3.29. The third-order valence-electron chi connectivity index (χ3n) is 5.23. The zero-order valence-corrected chi connectivity index (χ0v) is 15.9. The van der Waals surface area contributed by atoms with Crippen LogP contribution in [-0.4, -0.2) is 37.0 Å². The molecule has 4 rings (SSSR count). The van der Waals surface area contributed by atoms with E-state index in [0.717, 1.165) is 29.2 Å². The van der Waals surface area contributed by atoms with Crippen LogP contribution in [0.15, 0.2) is 42.5 Å². The van der Waals surface area contributed by atoms with Crippen molar-refractivity contribution in [3.8, 4) is 0 Å². The van der Waals surface area contributed by atoms with E-state index >= 15 is 0 Å². The third kappa shape index (κ3) is 2.90. The molecule has 0 radical (unpaired) electrons. The summed E-state index contributed by atoms with van der Waals surface area (Å²) in [6.45, 7) is 4.52. The fourth-order valence-corrected chi connectivity index (χ4v) is 3.64. The summed E-state index contributed by atoms with van der Waals surface area (Å²) in [5, 5.41) is 16.5. The molecule has 1 atom stereocenters. The van der Waals surface area contributed by atoms with Gasteiger partial charge in [0.2, 0.25) is 0 Å². The van der Waals surface area contributed by atoms with Gasteiger partial charge in [0.25, 0.3) is 5.91 Å². The van der Waals surface area contributed by atoms with Gasteiger partial charge < -0.3 is 5.32 Å². The van der Waals surface area contributed by atoms with Gasteiger partial charge in [-0.2, -0.15) is 0 Å². The highest BCUT2D eigenvalue weighted by molar-refractivity contribution is 6.09. The Morgan fingerprint density at radius 3 is 2.71 bits per heavy atom. The number of carbonyl (C=O) groups excluding carboxylic acids is 2. The number of hydrogen-bond donors (Lipinski definition) is 1. The van der Waals surface area contributed by atoms with Crippen molar-refractivity contribution in [2.75, 3.05) is 0 Å². The first-order valence-corrected chi connectivity index (χ1v) is 9.42. The number of nitrogens with zero attached hydrogens (tertiary/aromatic N) is 5. The van der Waals surface area contributed by atoms with E-state index in [9.17, 15) is 9.59 Å². The van der Waals surface area contributed by atoms with Gasteiger partial charge >= 0.3 is 6.03 Å². The molecule has 3 aromatic rings. The van der Waals surface area contributed by atoms with Crippen LogP contribution >= 0.6 is 0 Å². The fourth-order valence-electron chi connectivity index (χ4n) is 3.64. The monoisotopic (exact) mass is 378 g/mol. The Bertz CT molecular complexity index is 1040. The molecular formula is C20H22N6O2. The van der Waals surface area contributed by atoms with Crippen LogP contribution in [0.3, 0.4) is 0 Å². The first-order chi connectivity index (χ1) is 13.5. The van der Waals surface area contributed by atoms with Crippen molar-refractivity contribution in [1.82, 2.24) is 30.4 Å². The van der Waals surface area contributed by atoms with E-state index in [2.05, 4.69) is 27.8 Å². The van der Waals surface area contributed by atoms with Crippen molar-refractivity contribution in [2.45, 2.75) is 45.3 Å². The molecule has 0 aliphatic carbocycles. The molecule has 1 N–H and O–H groups in total. The van der Waals surface area contributed by atoms with Gasteiger partial charge in [-0.15, -0.1) is 5.10 Å². The Morgan fingerprint density at radius 1 is 1.11 bits per heavy atom. The second kappa shape index (κ2) is 7.03. The number of fused-ring (bicyclic) bond motifs is 1. The molecule has 8 nitrogen and oxygen atoms in total. The number of unbranched alkanes of at least 4 members (excludes halogenated alkanes) is 1. The van der Waals surface area contributed by atoms with Gasteiger partial charge in [0.05, 0.1) is 6.54 Å². The van der Waals surface area contributed by atoms with Crippen molar-refractivity contribution in [2.24, 2.45) is 0 Å². The Labute approximate surface area is 162 Å². The molecule has 2 heterocycles. The van der Waals surface area contributed by atoms with Gasteiger partial charge in [-0.3, -0.25) is 9.69 Å². The molecular weight excluding hydrogens is 356 g/mol. The summed E-state index contributed by atoms with van der Waals surface area (Å²) in [4.78, 5) is 27.2. The minimum absolute atomic E-state index is 0.0434. The van der Waals surface area contributed by atoms with Crippen molar-refractivity contribution in [3.63, 3.8) is 0 Å². The van der Waals surface area contributed by atoms with Gasteiger partial charge in [-0.25, -0.2) is 9.48 Å². The van der Waals surface area contributed by atoms with Gasteiger partial charge in [-0.1, -0.05) is 55.8 Å². The zero-order chi connectivity index (χ0) is 19.7. The number of aryl methyl sites for hydroxylation is 1. The van der Waals surface area contributed by atoms with Gasteiger partial charge in [-0.05, 0) is 40.1 Å². The standard InChI is InChI=1S/C20H22N6O2/c1-3-4-12-26-17(22-23-24-26)13-25-18(27)20(2,21-19(25)28)16-11-7-9-14-8-5-6-10-15(14)16/h5-11H,3-4,12-13H2,1-2H3,(H,21,28)/t20-/m1/s1. The Kier molecular flexibility index (Phi) is 4.54. The maximum absolute atomic E-state index is 13.3. The lowest BCUT2D eigenvalue weighted by molar-refractivity contribution is -0.131. The largest absolute Gasteiger partial charge is 0.325 e. The summed E-state index contributed by atoms with van der Waals surface area (Å²) >= 11 is 0. The molecule has 8 heteroatoms. The molecule has 1 aromatic heterocycles. The molecule has 2 aromatic carbocycles. The number of nitrogens with one attached hydrogen (secondary N) is 1. The molecule has 3 amide bonds. The lowest BCUT2D eigenvalue weighted by Gasteiger charge is -2.24. The van der Waals surface area contributed by atoms with E-state index in [-0.39, 0.29) is 12.5 Å². The third-order valence-corrected chi connectivity index (χ3v) is 5.23. The van der Waals surface area contributed by atoms with Crippen LogP contribution in [0.4, 0.5) is 4.79 Å². The molecule has 0 bridgehead atoms. The number of aromatic nitrogens is 4. The smallest absolute Gasteiger partial charge is 0.319 e. The minimum Gasteiger partial charge on any atom is -0.319 e. The summed E-state index contributed by atoms with van der Waals surface area (Å²) < 4.78 is 1.65. The number of benzene rings is 2. The second-order valence-electron chi connectivity index (χ2n) is 7.14. The number of rotatable bonds is 6. The van der Waals surface area contributed by atoms with Crippen LogP contribution in [0.1, 0.15) is 38.1 Å². The molecule has 1 aliphatic heterocycles. The summed E-state index contributed by atoms with van der Waals surface area (Å²) in [6.07, 6.45) is 1.92.